The third-order valence-corrected chi connectivity index (χ3v) is 5.87. The number of carbonyl (C=O) groups is 2. The van der Waals surface area contributed by atoms with Crippen molar-refractivity contribution in [3.63, 3.8) is 0 Å². The van der Waals surface area contributed by atoms with Gasteiger partial charge < -0.3 is 14.6 Å². The summed E-state index contributed by atoms with van der Waals surface area (Å²) in [7, 11) is 0. The number of benzene rings is 3. The zero-order chi connectivity index (χ0) is 24.0. The maximum Gasteiger partial charge on any atom is 0.294 e. The number of amides is 1. The Labute approximate surface area is 198 Å². The molecule has 1 amide bonds. The molecule has 5 rings (SSSR count). The highest BCUT2D eigenvalue weighted by Gasteiger charge is 2.45. The number of Topliss-reactive ketones (excluding diaryl/α,β-unsaturated/α-hetero) is 1. The maximum absolute atomic E-state index is 13.6. The summed E-state index contributed by atoms with van der Waals surface area (Å²) in [6.45, 7) is 0. The molecule has 1 unspecified atom stereocenters. The summed E-state index contributed by atoms with van der Waals surface area (Å²) in [6.07, 6.45) is 0. The van der Waals surface area contributed by atoms with Crippen LogP contribution in [0.5, 0.6) is 5.75 Å². The van der Waals surface area contributed by atoms with Gasteiger partial charge in [-0.15, -0.1) is 0 Å². The van der Waals surface area contributed by atoms with Gasteiger partial charge in [0.2, 0.25) is 5.78 Å². The molecule has 0 saturated carbocycles. The average molecular weight is 471 g/mol. The molecule has 2 heterocycles. The van der Waals surface area contributed by atoms with Gasteiger partial charge in [-0.3, -0.25) is 14.5 Å². The van der Waals surface area contributed by atoms with Gasteiger partial charge in [0.25, 0.3) is 5.91 Å². The van der Waals surface area contributed by atoms with Gasteiger partial charge in [0.15, 0.2) is 11.5 Å². The van der Waals surface area contributed by atoms with Gasteiger partial charge in [-0.25, -0.2) is 0 Å². The van der Waals surface area contributed by atoms with E-state index in [-0.39, 0.29) is 17.1 Å². The smallest absolute Gasteiger partial charge is 0.294 e. The normalized spacial score (nSPS) is 15.7. The van der Waals surface area contributed by atoms with E-state index in [0.29, 0.717) is 32.8 Å². The number of ketones is 1. The molecule has 7 nitrogen and oxygen atoms in total. The van der Waals surface area contributed by atoms with Crippen LogP contribution in [0.15, 0.2) is 88.5 Å². The van der Waals surface area contributed by atoms with Crippen LogP contribution in [0.3, 0.4) is 0 Å². The number of carbonyl (C=O) groups excluding carboxylic acids is 2. The molecule has 1 aliphatic rings. The first-order valence-corrected chi connectivity index (χ1v) is 10.5. The van der Waals surface area contributed by atoms with Crippen LogP contribution < -0.4 is 4.90 Å². The Bertz CT molecular complexity index is 1530. The second-order valence-electron chi connectivity index (χ2n) is 7.71. The molecule has 166 valence electrons. The third-order valence-electron chi connectivity index (χ3n) is 5.64. The number of rotatable bonds is 4. The van der Waals surface area contributed by atoms with Crippen molar-refractivity contribution in [2.75, 3.05) is 4.90 Å². The molecule has 4 aromatic rings. The molecule has 0 saturated heterocycles. The number of hydrogen-bond acceptors (Lipinski definition) is 6. The van der Waals surface area contributed by atoms with Crippen molar-refractivity contribution in [1.29, 1.82) is 5.26 Å². The number of hydrogen-bond donors (Lipinski definition) is 2. The topological polar surface area (TPSA) is 115 Å². The Kier molecular flexibility index (Phi) is 5.08. The summed E-state index contributed by atoms with van der Waals surface area (Å²) in [5.41, 5.74) is 1.54. The molecular weight excluding hydrogens is 456 g/mol. The highest BCUT2D eigenvalue weighted by molar-refractivity contribution is 6.31. The number of halogens is 1. The number of nitrogens with zero attached hydrogens (tertiary/aromatic N) is 2. The average Bonchev–Trinajstić information content (AvgIpc) is 3.38. The molecule has 0 spiro atoms. The summed E-state index contributed by atoms with van der Waals surface area (Å²) < 4.78 is 5.70. The van der Waals surface area contributed by atoms with Crippen LogP contribution in [0.2, 0.25) is 5.02 Å². The zero-order valence-electron chi connectivity index (χ0n) is 17.4. The molecule has 1 aliphatic heterocycles. The molecule has 0 bridgehead atoms. The molecule has 0 fully saturated rings. The van der Waals surface area contributed by atoms with E-state index in [1.165, 1.54) is 35.2 Å². The molecule has 34 heavy (non-hydrogen) atoms. The second kappa shape index (κ2) is 8.10. The van der Waals surface area contributed by atoms with Crippen molar-refractivity contribution in [3.8, 4) is 11.8 Å². The Morgan fingerprint density at radius 1 is 1.00 bits per heavy atom. The van der Waals surface area contributed by atoms with E-state index in [1.807, 2.05) is 6.07 Å². The highest BCUT2D eigenvalue weighted by atomic mass is 35.5. The van der Waals surface area contributed by atoms with E-state index in [4.69, 9.17) is 21.3 Å². The van der Waals surface area contributed by atoms with Crippen LogP contribution in [0.4, 0.5) is 5.69 Å². The zero-order valence-corrected chi connectivity index (χ0v) is 18.2. The van der Waals surface area contributed by atoms with E-state index in [1.54, 1.807) is 42.5 Å². The van der Waals surface area contributed by atoms with E-state index in [0.717, 1.165) is 0 Å². The van der Waals surface area contributed by atoms with Crippen LogP contribution in [-0.4, -0.2) is 21.9 Å². The maximum atomic E-state index is 13.6. The van der Waals surface area contributed by atoms with Crippen molar-refractivity contribution in [2.24, 2.45) is 0 Å². The molecule has 0 radical (unpaired) electrons. The highest BCUT2D eigenvalue weighted by Crippen LogP contribution is 2.42. The quantitative estimate of drug-likeness (QED) is 0.383. The fraction of sp³-hybridized carbons (Fsp3) is 0.0385. The predicted octanol–water partition coefficient (Wildman–Crippen LogP) is 5.45. The predicted molar refractivity (Wildman–Crippen MR) is 125 cm³/mol. The summed E-state index contributed by atoms with van der Waals surface area (Å²) in [6, 6.07) is 19.6. The lowest BCUT2D eigenvalue weighted by molar-refractivity contribution is -0.117. The van der Waals surface area contributed by atoms with Crippen molar-refractivity contribution in [1.82, 2.24) is 0 Å². The van der Waals surface area contributed by atoms with Crippen molar-refractivity contribution < 1.29 is 24.2 Å². The molecule has 0 aliphatic carbocycles. The first-order valence-electron chi connectivity index (χ1n) is 10.2. The van der Waals surface area contributed by atoms with Gasteiger partial charge in [0.05, 0.1) is 23.2 Å². The molecule has 8 heteroatoms. The standard InChI is InChI=1S/C26H15ClN2O5/c27-17-5-10-20-16(11-17)12-21(34-20)24(31)22-23(15-3-8-19(30)9-4-15)29(26(33)25(22)32)18-6-1-14(13-28)2-7-18/h1-12,23,30,32H. The lowest BCUT2D eigenvalue weighted by Crippen LogP contribution is -2.31. The van der Waals surface area contributed by atoms with Crippen LogP contribution in [-0.2, 0) is 4.79 Å². The lowest BCUT2D eigenvalue weighted by Gasteiger charge is -2.26. The Balaban J connectivity index is 1.65. The van der Waals surface area contributed by atoms with Crippen molar-refractivity contribution in [3.05, 3.63) is 106 Å². The minimum atomic E-state index is -0.995. The minimum absolute atomic E-state index is 0.00763. The van der Waals surface area contributed by atoms with E-state index in [2.05, 4.69) is 0 Å². The van der Waals surface area contributed by atoms with Gasteiger partial charge in [0, 0.05) is 16.1 Å². The number of anilines is 1. The van der Waals surface area contributed by atoms with E-state index >= 15 is 0 Å². The first kappa shape index (κ1) is 21.3. The summed E-state index contributed by atoms with van der Waals surface area (Å²) in [4.78, 5) is 28.0. The number of aromatic hydroxyl groups is 1. The summed E-state index contributed by atoms with van der Waals surface area (Å²) in [5, 5.41) is 30.7. The summed E-state index contributed by atoms with van der Waals surface area (Å²) >= 11 is 6.03. The molecule has 1 atom stereocenters. The Morgan fingerprint density at radius 2 is 1.71 bits per heavy atom. The van der Waals surface area contributed by atoms with Crippen LogP contribution >= 0.6 is 11.6 Å². The largest absolute Gasteiger partial charge is 0.508 e. The molecular formula is C26H15ClN2O5. The van der Waals surface area contributed by atoms with E-state index in [9.17, 15) is 19.8 Å². The second-order valence-corrected chi connectivity index (χ2v) is 8.15. The van der Waals surface area contributed by atoms with E-state index < -0.39 is 23.5 Å². The SMILES string of the molecule is N#Cc1ccc(N2C(=O)C(O)=C(C(=O)c3cc4cc(Cl)ccc4o3)C2c2ccc(O)cc2)cc1. The molecule has 3 aromatic carbocycles. The number of fused-ring (bicyclic) bond motifs is 1. The Morgan fingerprint density at radius 3 is 2.38 bits per heavy atom. The molecule has 2 N–H and O–H groups in total. The van der Waals surface area contributed by atoms with Gasteiger partial charge in [-0.05, 0) is 66.2 Å². The number of aliphatic hydroxyl groups is 1. The van der Waals surface area contributed by atoms with Crippen molar-refractivity contribution in [2.45, 2.75) is 6.04 Å². The number of nitriles is 1. The van der Waals surface area contributed by atoms with Crippen LogP contribution in [0.1, 0.15) is 27.7 Å². The fourth-order valence-corrected chi connectivity index (χ4v) is 4.21. The minimum Gasteiger partial charge on any atom is -0.508 e. The van der Waals surface area contributed by atoms with Gasteiger partial charge in [-0.2, -0.15) is 5.26 Å². The first-order chi connectivity index (χ1) is 16.4. The summed E-state index contributed by atoms with van der Waals surface area (Å²) in [5.74, 6) is -2.19. The Hall–Kier alpha value is -4.54. The van der Waals surface area contributed by atoms with Gasteiger partial charge >= 0.3 is 0 Å². The van der Waals surface area contributed by atoms with Crippen molar-refractivity contribution >= 4 is 39.9 Å². The number of furan rings is 1. The number of phenols is 1. The number of aliphatic hydroxyl groups excluding tert-OH is 1. The molecule has 1 aromatic heterocycles. The fourth-order valence-electron chi connectivity index (χ4n) is 4.03. The van der Waals surface area contributed by atoms with Crippen LogP contribution in [0.25, 0.3) is 11.0 Å². The van der Waals surface area contributed by atoms with Gasteiger partial charge in [-0.1, -0.05) is 23.7 Å². The monoisotopic (exact) mass is 470 g/mol. The van der Waals surface area contributed by atoms with Crippen LogP contribution in [0, 0.1) is 11.3 Å². The number of phenolic OH excluding ortho intramolecular Hbond substituents is 1. The lowest BCUT2D eigenvalue weighted by atomic mass is 9.94. The van der Waals surface area contributed by atoms with Gasteiger partial charge in [0.1, 0.15) is 11.3 Å². The third kappa shape index (κ3) is 3.47.